The summed E-state index contributed by atoms with van der Waals surface area (Å²) in [7, 11) is 0. The van der Waals surface area contributed by atoms with Crippen LogP contribution in [0.25, 0.3) is 10.2 Å². The van der Waals surface area contributed by atoms with Crippen molar-refractivity contribution in [3.8, 4) is 0 Å². The molecule has 0 N–H and O–H groups in total. The Morgan fingerprint density at radius 2 is 2.35 bits per heavy atom. The number of hydrogen-bond donors (Lipinski definition) is 0. The highest BCUT2D eigenvalue weighted by Gasteiger charge is 2.28. The van der Waals surface area contributed by atoms with Crippen LogP contribution in [-0.2, 0) is 11.3 Å². The monoisotopic (exact) mass is 390 g/mol. The summed E-state index contributed by atoms with van der Waals surface area (Å²) in [5, 5.41) is 5.54. The zero-order chi connectivity index (χ0) is 18.1. The first kappa shape index (κ1) is 17.5. The van der Waals surface area contributed by atoms with Crippen LogP contribution in [0.3, 0.4) is 0 Å². The molecule has 136 valence electrons. The maximum absolute atomic E-state index is 13.3. The summed E-state index contributed by atoms with van der Waals surface area (Å²) in [6.45, 7) is 3.83. The number of aryl methyl sites for hydroxylation is 1. The Kier molecular flexibility index (Phi) is 4.93. The van der Waals surface area contributed by atoms with Crippen LogP contribution in [0.5, 0.6) is 0 Å². The second-order valence-corrected chi connectivity index (χ2v) is 7.64. The molecule has 8 heteroatoms. The third-order valence-electron chi connectivity index (χ3n) is 4.46. The van der Waals surface area contributed by atoms with E-state index in [0.717, 1.165) is 29.7 Å². The number of rotatable bonds is 5. The Morgan fingerprint density at radius 3 is 3.12 bits per heavy atom. The van der Waals surface area contributed by atoms with Gasteiger partial charge in [-0.25, -0.2) is 4.98 Å². The largest absolute Gasteiger partial charge is 0.376 e. The molecule has 1 aliphatic heterocycles. The molecule has 1 aromatic carbocycles. The predicted molar refractivity (Wildman–Crippen MR) is 103 cm³/mol. The molecule has 1 atom stereocenters. The molecule has 0 bridgehead atoms. The van der Waals surface area contributed by atoms with Crippen LogP contribution in [0, 0.1) is 0 Å². The molecule has 3 aromatic rings. The molecule has 2 aromatic heterocycles. The van der Waals surface area contributed by atoms with Gasteiger partial charge in [0.05, 0.1) is 22.9 Å². The Labute approximate surface area is 160 Å². The fourth-order valence-corrected chi connectivity index (χ4v) is 4.40. The molecule has 1 unspecified atom stereocenters. The van der Waals surface area contributed by atoms with Crippen LogP contribution >= 0.6 is 22.9 Å². The minimum Gasteiger partial charge on any atom is -0.376 e. The van der Waals surface area contributed by atoms with Crippen LogP contribution in [-0.4, -0.2) is 39.9 Å². The lowest BCUT2D eigenvalue weighted by atomic mass is 10.2. The number of ether oxygens (including phenoxy) is 1. The molecule has 1 aliphatic rings. The van der Waals surface area contributed by atoms with Gasteiger partial charge in [0, 0.05) is 24.4 Å². The Morgan fingerprint density at radius 1 is 1.46 bits per heavy atom. The van der Waals surface area contributed by atoms with E-state index in [2.05, 4.69) is 10.1 Å². The zero-order valence-corrected chi connectivity index (χ0v) is 16.0. The van der Waals surface area contributed by atoms with Crippen molar-refractivity contribution in [3.05, 3.63) is 41.2 Å². The summed E-state index contributed by atoms with van der Waals surface area (Å²) in [5.41, 5.74) is 1.39. The van der Waals surface area contributed by atoms with Crippen LogP contribution in [0.1, 0.15) is 30.3 Å². The van der Waals surface area contributed by atoms with Gasteiger partial charge >= 0.3 is 0 Å². The lowest BCUT2D eigenvalue weighted by Gasteiger charge is -2.23. The molecule has 0 aliphatic carbocycles. The van der Waals surface area contributed by atoms with E-state index >= 15 is 0 Å². The highest BCUT2D eigenvalue weighted by molar-refractivity contribution is 7.22. The lowest BCUT2D eigenvalue weighted by molar-refractivity contribution is 0.0908. The molecule has 1 saturated heterocycles. The summed E-state index contributed by atoms with van der Waals surface area (Å²) >= 11 is 7.56. The topological polar surface area (TPSA) is 60.2 Å². The van der Waals surface area contributed by atoms with Crippen molar-refractivity contribution in [3.63, 3.8) is 0 Å². The molecule has 26 heavy (non-hydrogen) atoms. The van der Waals surface area contributed by atoms with E-state index in [0.29, 0.717) is 28.9 Å². The highest BCUT2D eigenvalue weighted by Crippen LogP contribution is 2.32. The standard InChI is InChI=1S/C18H19ClN4O2S/c1-2-23-15(7-8-20-23)17(24)22(11-13-4-3-9-25-13)18-21-14-6-5-12(19)10-16(14)26-18/h5-8,10,13H,2-4,9,11H2,1H3. The normalized spacial score (nSPS) is 17.1. The second-order valence-electron chi connectivity index (χ2n) is 6.19. The number of aromatic nitrogens is 3. The smallest absolute Gasteiger partial charge is 0.278 e. The van der Waals surface area contributed by atoms with Gasteiger partial charge in [-0.2, -0.15) is 5.10 Å². The predicted octanol–water partition coefficient (Wildman–Crippen LogP) is 3.99. The van der Waals surface area contributed by atoms with Gasteiger partial charge in [-0.05, 0) is 44.0 Å². The number of carbonyl (C=O) groups excluding carboxylic acids is 1. The van der Waals surface area contributed by atoms with Crippen molar-refractivity contribution in [1.82, 2.24) is 14.8 Å². The number of nitrogens with zero attached hydrogens (tertiary/aromatic N) is 4. The van der Waals surface area contributed by atoms with Gasteiger partial charge in [-0.3, -0.25) is 14.4 Å². The lowest BCUT2D eigenvalue weighted by Crippen LogP contribution is -2.38. The third-order valence-corrected chi connectivity index (χ3v) is 5.74. The quantitative estimate of drug-likeness (QED) is 0.660. The van der Waals surface area contributed by atoms with Crippen LogP contribution in [0.4, 0.5) is 5.13 Å². The molecular weight excluding hydrogens is 372 g/mol. The summed E-state index contributed by atoms with van der Waals surface area (Å²) in [4.78, 5) is 19.7. The van der Waals surface area contributed by atoms with E-state index in [1.54, 1.807) is 21.8 Å². The van der Waals surface area contributed by atoms with E-state index in [4.69, 9.17) is 16.3 Å². The Hall–Kier alpha value is -1.96. The molecule has 0 saturated carbocycles. The fourth-order valence-electron chi connectivity index (χ4n) is 3.15. The minimum absolute atomic E-state index is 0.0348. The molecular formula is C18H19ClN4O2S. The fraction of sp³-hybridized carbons (Fsp3) is 0.389. The second kappa shape index (κ2) is 7.34. The first-order valence-corrected chi connectivity index (χ1v) is 9.86. The maximum atomic E-state index is 13.3. The van der Waals surface area contributed by atoms with Gasteiger partial charge in [0.25, 0.3) is 5.91 Å². The van der Waals surface area contributed by atoms with E-state index in [1.807, 2.05) is 25.1 Å². The molecule has 3 heterocycles. The molecule has 0 radical (unpaired) electrons. The van der Waals surface area contributed by atoms with Crippen molar-refractivity contribution in [2.45, 2.75) is 32.4 Å². The van der Waals surface area contributed by atoms with Crippen molar-refractivity contribution in [2.75, 3.05) is 18.1 Å². The van der Waals surface area contributed by atoms with Crippen LogP contribution < -0.4 is 4.90 Å². The van der Waals surface area contributed by atoms with Crippen LogP contribution in [0.15, 0.2) is 30.5 Å². The summed E-state index contributed by atoms with van der Waals surface area (Å²) in [6, 6.07) is 7.32. The van der Waals surface area contributed by atoms with Gasteiger partial charge in [-0.15, -0.1) is 0 Å². The average molecular weight is 391 g/mol. The minimum atomic E-state index is -0.106. The van der Waals surface area contributed by atoms with Gasteiger partial charge in [0.15, 0.2) is 5.13 Å². The molecule has 1 amide bonds. The number of amides is 1. The number of hydrogen-bond acceptors (Lipinski definition) is 5. The first-order valence-electron chi connectivity index (χ1n) is 8.67. The number of fused-ring (bicyclic) bond motifs is 1. The number of carbonyl (C=O) groups is 1. The van der Waals surface area contributed by atoms with Gasteiger partial charge in [0.1, 0.15) is 5.69 Å². The number of anilines is 1. The maximum Gasteiger partial charge on any atom is 0.278 e. The van der Waals surface area contributed by atoms with Gasteiger partial charge < -0.3 is 4.74 Å². The van der Waals surface area contributed by atoms with Crippen molar-refractivity contribution in [1.29, 1.82) is 0 Å². The molecule has 0 spiro atoms. The molecule has 6 nitrogen and oxygen atoms in total. The Bertz CT molecular complexity index is 932. The molecule has 4 rings (SSSR count). The van der Waals surface area contributed by atoms with E-state index < -0.39 is 0 Å². The van der Waals surface area contributed by atoms with Gasteiger partial charge in [0.2, 0.25) is 0 Å². The third kappa shape index (κ3) is 3.34. The SMILES string of the molecule is CCn1nccc1C(=O)N(CC1CCCO1)c1nc2ccc(Cl)cc2s1. The number of thiazole rings is 1. The number of halogens is 1. The number of benzene rings is 1. The van der Waals surface area contributed by atoms with Crippen molar-refractivity contribution in [2.24, 2.45) is 0 Å². The van der Waals surface area contributed by atoms with E-state index in [-0.39, 0.29) is 12.0 Å². The zero-order valence-electron chi connectivity index (χ0n) is 14.4. The Balaban J connectivity index is 1.72. The first-order chi connectivity index (χ1) is 12.7. The molecule has 1 fully saturated rings. The summed E-state index contributed by atoms with van der Waals surface area (Å²) in [6.07, 6.45) is 3.66. The summed E-state index contributed by atoms with van der Waals surface area (Å²) < 4.78 is 8.42. The van der Waals surface area contributed by atoms with E-state index in [9.17, 15) is 4.79 Å². The van der Waals surface area contributed by atoms with Gasteiger partial charge in [-0.1, -0.05) is 22.9 Å². The van der Waals surface area contributed by atoms with Crippen molar-refractivity contribution >= 4 is 44.2 Å². The highest BCUT2D eigenvalue weighted by atomic mass is 35.5. The van der Waals surface area contributed by atoms with E-state index in [1.165, 1.54) is 11.3 Å². The van der Waals surface area contributed by atoms with Crippen LogP contribution in [0.2, 0.25) is 5.02 Å². The van der Waals surface area contributed by atoms with Crippen molar-refractivity contribution < 1.29 is 9.53 Å². The average Bonchev–Trinajstić information content (AvgIpc) is 3.37. The summed E-state index contributed by atoms with van der Waals surface area (Å²) in [5.74, 6) is -0.106.